The van der Waals surface area contributed by atoms with Crippen LogP contribution >= 0.6 is 0 Å². The maximum Gasteiger partial charge on any atom is 0.250 e. The average molecular weight is 248 g/mol. The van der Waals surface area contributed by atoms with E-state index in [0.717, 1.165) is 0 Å². The number of nitrogens with one attached hydrogen (secondary N) is 1. The summed E-state index contributed by atoms with van der Waals surface area (Å²) in [6.45, 7) is 3.78. The molecule has 0 aliphatic carbocycles. The summed E-state index contributed by atoms with van der Waals surface area (Å²) < 4.78 is 10.3. The van der Waals surface area contributed by atoms with Crippen LogP contribution in [0.25, 0.3) is 0 Å². The summed E-state index contributed by atoms with van der Waals surface area (Å²) in [4.78, 5) is 11.5. The van der Waals surface area contributed by atoms with Crippen LogP contribution in [0.5, 0.6) is 5.75 Å². The molecule has 96 valence electrons. The van der Waals surface area contributed by atoms with E-state index >= 15 is 0 Å². The van der Waals surface area contributed by atoms with Crippen molar-refractivity contribution in [3.05, 3.63) is 24.3 Å². The van der Waals surface area contributed by atoms with Gasteiger partial charge in [-0.15, -0.1) is 0 Å². The minimum atomic E-state index is -0.200. The Hall–Kier alpha value is -2.06. The first kappa shape index (κ1) is 14.0. The number of hydrogen-bond donors (Lipinski definition) is 1. The molecule has 0 saturated carbocycles. The standard InChI is InChI=1S/C13H16N2O3/c1-10(2)18-9-13(16)15-11-3-5-12(6-4-11)17-8-7-14/h3-6,10H,8-9H2,1-2H3,(H,15,16). The number of nitrogens with zero attached hydrogens (tertiary/aromatic N) is 1. The highest BCUT2D eigenvalue weighted by Gasteiger charge is 2.04. The monoisotopic (exact) mass is 248 g/mol. The van der Waals surface area contributed by atoms with Crippen LogP contribution in [0, 0.1) is 11.3 Å². The number of nitriles is 1. The van der Waals surface area contributed by atoms with E-state index in [2.05, 4.69) is 5.32 Å². The van der Waals surface area contributed by atoms with Crippen LogP contribution in [0.4, 0.5) is 5.69 Å². The van der Waals surface area contributed by atoms with Crippen LogP contribution in [0.3, 0.4) is 0 Å². The lowest BCUT2D eigenvalue weighted by Gasteiger charge is -2.09. The lowest BCUT2D eigenvalue weighted by molar-refractivity contribution is -0.121. The van der Waals surface area contributed by atoms with E-state index in [0.29, 0.717) is 11.4 Å². The maximum atomic E-state index is 11.5. The molecule has 0 unspecified atom stereocenters. The van der Waals surface area contributed by atoms with Crippen LogP contribution in [0.15, 0.2) is 24.3 Å². The van der Waals surface area contributed by atoms with Crippen molar-refractivity contribution in [2.75, 3.05) is 18.5 Å². The molecule has 0 aliphatic heterocycles. The van der Waals surface area contributed by atoms with Crippen molar-refractivity contribution in [3.8, 4) is 11.8 Å². The summed E-state index contributed by atoms with van der Waals surface area (Å²) in [6, 6.07) is 8.68. The van der Waals surface area contributed by atoms with Gasteiger partial charge in [0.15, 0.2) is 6.61 Å². The number of anilines is 1. The number of benzene rings is 1. The molecule has 1 aromatic rings. The van der Waals surface area contributed by atoms with Crippen LogP contribution in [-0.2, 0) is 9.53 Å². The largest absolute Gasteiger partial charge is 0.479 e. The van der Waals surface area contributed by atoms with Crippen molar-refractivity contribution < 1.29 is 14.3 Å². The van der Waals surface area contributed by atoms with Gasteiger partial charge >= 0.3 is 0 Å². The van der Waals surface area contributed by atoms with E-state index in [1.54, 1.807) is 24.3 Å². The lowest BCUT2D eigenvalue weighted by Crippen LogP contribution is -2.20. The molecule has 1 N–H and O–H groups in total. The smallest absolute Gasteiger partial charge is 0.250 e. The molecule has 0 atom stereocenters. The van der Waals surface area contributed by atoms with E-state index in [1.807, 2.05) is 19.9 Å². The number of rotatable bonds is 6. The van der Waals surface area contributed by atoms with Gasteiger partial charge in [-0.2, -0.15) is 5.26 Å². The van der Waals surface area contributed by atoms with Crippen molar-refractivity contribution in [1.82, 2.24) is 0 Å². The average Bonchev–Trinajstić information content (AvgIpc) is 2.35. The normalized spacial score (nSPS) is 9.89. The summed E-state index contributed by atoms with van der Waals surface area (Å²) in [5, 5.41) is 11.1. The third-order valence-corrected chi connectivity index (χ3v) is 1.99. The third kappa shape index (κ3) is 5.32. The van der Waals surface area contributed by atoms with Crippen LogP contribution in [0.1, 0.15) is 13.8 Å². The summed E-state index contributed by atoms with van der Waals surface area (Å²) in [5.41, 5.74) is 0.664. The molecule has 0 spiro atoms. The minimum absolute atomic E-state index is 0.00787. The molecule has 5 nitrogen and oxygen atoms in total. The van der Waals surface area contributed by atoms with Gasteiger partial charge in [-0.25, -0.2) is 0 Å². The van der Waals surface area contributed by atoms with Gasteiger partial charge in [-0.05, 0) is 38.1 Å². The fourth-order valence-corrected chi connectivity index (χ4v) is 1.19. The summed E-state index contributed by atoms with van der Waals surface area (Å²) in [7, 11) is 0. The second-order valence-electron chi connectivity index (χ2n) is 3.88. The Labute approximate surface area is 106 Å². The first-order valence-corrected chi connectivity index (χ1v) is 5.63. The van der Waals surface area contributed by atoms with Gasteiger partial charge in [0, 0.05) is 5.69 Å². The fourth-order valence-electron chi connectivity index (χ4n) is 1.19. The second-order valence-corrected chi connectivity index (χ2v) is 3.88. The number of carbonyl (C=O) groups excluding carboxylic acids is 1. The molecule has 0 radical (unpaired) electrons. The van der Waals surface area contributed by atoms with E-state index in [9.17, 15) is 4.79 Å². The van der Waals surface area contributed by atoms with Gasteiger partial charge in [-0.1, -0.05) is 0 Å². The van der Waals surface area contributed by atoms with Crippen LogP contribution in [0.2, 0.25) is 0 Å². The van der Waals surface area contributed by atoms with Crippen molar-refractivity contribution in [2.24, 2.45) is 0 Å². The van der Waals surface area contributed by atoms with E-state index in [-0.39, 0.29) is 25.2 Å². The quantitative estimate of drug-likeness (QED) is 0.835. The lowest BCUT2D eigenvalue weighted by atomic mass is 10.3. The Morgan fingerprint density at radius 2 is 2.06 bits per heavy atom. The molecule has 0 fully saturated rings. The molecular weight excluding hydrogens is 232 g/mol. The minimum Gasteiger partial charge on any atom is -0.479 e. The number of amides is 1. The summed E-state index contributed by atoms with van der Waals surface area (Å²) in [5.74, 6) is 0.391. The number of hydrogen-bond acceptors (Lipinski definition) is 4. The van der Waals surface area contributed by atoms with Crippen LogP contribution in [-0.4, -0.2) is 25.2 Å². The number of ether oxygens (including phenoxy) is 2. The molecule has 1 amide bonds. The molecular formula is C13H16N2O3. The van der Waals surface area contributed by atoms with E-state index < -0.39 is 0 Å². The predicted molar refractivity (Wildman–Crippen MR) is 67.3 cm³/mol. The highest BCUT2D eigenvalue weighted by atomic mass is 16.5. The van der Waals surface area contributed by atoms with E-state index in [1.165, 1.54) is 0 Å². The second kappa shape index (κ2) is 7.30. The molecule has 1 aromatic carbocycles. The number of carbonyl (C=O) groups is 1. The Bertz CT molecular complexity index is 421. The summed E-state index contributed by atoms with van der Waals surface area (Å²) >= 11 is 0. The van der Waals surface area contributed by atoms with Gasteiger partial charge in [0.2, 0.25) is 5.91 Å². The first-order valence-electron chi connectivity index (χ1n) is 5.63. The molecule has 0 aliphatic rings. The SMILES string of the molecule is CC(C)OCC(=O)Nc1ccc(OCC#N)cc1. The predicted octanol–water partition coefficient (Wildman–Crippen LogP) is 1.95. The maximum absolute atomic E-state index is 11.5. The molecule has 1 rings (SSSR count). The topological polar surface area (TPSA) is 71.3 Å². The van der Waals surface area contributed by atoms with Crippen molar-refractivity contribution in [2.45, 2.75) is 20.0 Å². The summed E-state index contributed by atoms with van der Waals surface area (Å²) in [6.07, 6.45) is 0.0255. The first-order chi connectivity index (χ1) is 8.61. The van der Waals surface area contributed by atoms with Crippen molar-refractivity contribution >= 4 is 11.6 Å². The van der Waals surface area contributed by atoms with Crippen molar-refractivity contribution in [3.63, 3.8) is 0 Å². The molecule has 0 saturated heterocycles. The van der Waals surface area contributed by atoms with Gasteiger partial charge in [0.25, 0.3) is 0 Å². The Morgan fingerprint density at radius 3 is 2.61 bits per heavy atom. The highest BCUT2D eigenvalue weighted by Crippen LogP contribution is 2.15. The molecule has 0 heterocycles. The van der Waals surface area contributed by atoms with Crippen molar-refractivity contribution in [1.29, 1.82) is 5.26 Å². The van der Waals surface area contributed by atoms with Gasteiger partial charge in [0.1, 0.15) is 18.4 Å². The van der Waals surface area contributed by atoms with Gasteiger partial charge in [0.05, 0.1) is 6.10 Å². The Kier molecular flexibility index (Phi) is 5.68. The Balaban J connectivity index is 2.43. The van der Waals surface area contributed by atoms with Gasteiger partial charge in [-0.3, -0.25) is 4.79 Å². The highest BCUT2D eigenvalue weighted by molar-refractivity contribution is 5.91. The molecule has 0 bridgehead atoms. The zero-order valence-corrected chi connectivity index (χ0v) is 10.5. The van der Waals surface area contributed by atoms with E-state index in [4.69, 9.17) is 14.7 Å². The molecule has 0 aromatic heterocycles. The molecule has 18 heavy (non-hydrogen) atoms. The Morgan fingerprint density at radius 1 is 1.39 bits per heavy atom. The zero-order valence-electron chi connectivity index (χ0n) is 10.5. The molecule has 5 heteroatoms. The third-order valence-electron chi connectivity index (χ3n) is 1.99. The fraction of sp³-hybridized carbons (Fsp3) is 0.385. The van der Waals surface area contributed by atoms with Gasteiger partial charge < -0.3 is 14.8 Å². The zero-order chi connectivity index (χ0) is 13.4. The van der Waals surface area contributed by atoms with Crippen LogP contribution < -0.4 is 10.1 Å².